The predicted molar refractivity (Wildman–Crippen MR) is 160 cm³/mol. The topological polar surface area (TPSA) is 49.8 Å². The Labute approximate surface area is 220 Å². The second kappa shape index (κ2) is 12.6. The highest BCUT2D eigenvalue weighted by atomic mass is 14.6. The minimum atomic E-state index is 0.793. The van der Waals surface area contributed by atoms with Gasteiger partial charge in [-0.25, -0.2) is 0 Å². The Balaban J connectivity index is 0.00000102. The number of hydrogen-bond acceptors (Lipinski definition) is 2. The molecule has 4 aromatic carbocycles. The Morgan fingerprint density at radius 3 is 2.43 bits per heavy atom. The number of allylic oxidation sites excluding steroid dienone is 6. The maximum absolute atomic E-state index is 7.32. The Bertz CT molecular complexity index is 1550. The van der Waals surface area contributed by atoms with Crippen LogP contribution in [-0.2, 0) is 12.8 Å². The first-order valence-corrected chi connectivity index (χ1v) is 12.9. The third kappa shape index (κ3) is 5.74. The quantitative estimate of drug-likeness (QED) is 0.220. The van der Waals surface area contributed by atoms with E-state index in [1.54, 1.807) is 6.07 Å². The molecular formula is C35H34N2. The minimum Gasteiger partial charge on any atom is -0.402 e. The molecule has 1 aliphatic carbocycles. The zero-order chi connectivity index (χ0) is 26.0. The van der Waals surface area contributed by atoms with Crippen LogP contribution in [0.5, 0.6) is 0 Å². The van der Waals surface area contributed by atoms with Crippen molar-refractivity contribution in [2.75, 3.05) is 0 Å². The fourth-order valence-electron chi connectivity index (χ4n) is 5.15. The first-order chi connectivity index (χ1) is 18.2. The molecule has 2 heteroatoms. The Kier molecular flexibility index (Phi) is 8.74. The van der Waals surface area contributed by atoms with Crippen LogP contribution in [0.3, 0.4) is 0 Å². The van der Waals surface area contributed by atoms with Crippen molar-refractivity contribution < 1.29 is 0 Å². The summed E-state index contributed by atoms with van der Waals surface area (Å²) in [5, 5.41) is 12.6. The normalized spacial score (nSPS) is 13.1. The number of nitrogens with zero attached hydrogens (tertiary/aromatic N) is 1. The van der Waals surface area contributed by atoms with E-state index in [9.17, 15) is 0 Å². The maximum atomic E-state index is 7.32. The molecule has 1 aliphatic rings. The van der Waals surface area contributed by atoms with Crippen molar-refractivity contribution in [3.63, 3.8) is 0 Å². The average Bonchev–Trinajstić information content (AvgIpc) is 2.94. The van der Waals surface area contributed by atoms with Gasteiger partial charge in [0.15, 0.2) is 0 Å². The number of benzene rings is 4. The van der Waals surface area contributed by atoms with Crippen LogP contribution in [0, 0.1) is 11.3 Å². The van der Waals surface area contributed by atoms with E-state index in [1.807, 2.05) is 19.1 Å². The number of nitrogens with two attached hydrogens (primary N) is 1. The monoisotopic (exact) mass is 482 g/mol. The fourth-order valence-corrected chi connectivity index (χ4v) is 5.15. The largest absolute Gasteiger partial charge is 0.402 e. The molecule has 0 bridgehead atoms. The molecule has 0 heterocycles. The SMILES string of the molecule is C/C=C\C/C(N)=C/C=C\Cc1c2c(c(-c3cccc4ccccc34)c3ccccc13)CCC=C2.CC#N. The molecule has 0 aromatic heterocycles. The molecule has 37 heavy (non-hydrogen) atoms. The van der Waals surface area contributed by atoms with Crippen molar-refractivity contribution in [1.82, 2.24) is 0 Å². The van der Waals surface area contributed by atoms with Crippen LogP contribution in [0.1, 0.15) is 43.4 Å². The first-order valence-electron chi connectivity index (χ1n) is 12.9. The third-order valence-corrected chi connectivity index (χ3v) is 6.74. The van der Waals surface area contributed by atoms with Gasteiger partial charge >= 0.3 is 0 Å². The Hall–Kier alpha value is -4.35. The lowest BCUT2D eigenvalue weighted by Gasteiger charge is -2.23. The number of nitriles is 1. The summed E-state index contributed by atoms with van der Waals surface area (Å²) in [6.07, 6.45) is 19.0. The summed E-state index contributed by atoms with van der Waals surface area (Å²) in [7, 11) is 0. The van der Waals surface area contributed by atoms with Gasteiger partial charge in [0.1, 0.15) is 0 Å². The first kappa shape index (κ1) is 25.7. The summed E-state index contributed by atoms with van der Waals surface area (Å²) in [4.78, 5) is 0. The molecule has 0 aliphatic heterocycles. The molecule has 0 fully saturated rings. The van der Waals surface area contributed by atoms with Crippen LogP contribution in [0.2, 0.25) is 0 Å². The zero-order valence-electron chi connectivity index (χ0n) is 21.7. The highest BCUT2D eigenvalue weighted by molar-refractivity contribution is 6.09. The van der Waals surface area contributed by atoms with Crippen molar-refractivity contribution in [2.45, 2.75) is 39.5 Å². The van der Waals surface area contributed by atoms with Crippen molar-refractivity contribution in [3.8, 4) is 17.2 Å². The van der Waals surface area contributed by atoms with Crippen LogP contribution in [-0.4, -0.2) is 0 Å². The van der Waals surface area contributed by atoms with E-state index in [0.29, 0.717) is 0 Å². The summed E-state index contributed by atoms with van der Waals surface area (Å²) in [5.41, 5.74) is 14.0. The van der Waals surface area contributed by atoms with E-state index >= 15 is 0 Å². The molecule has 2 N–H and O–H groups in total. The molecule has 0 radical (unpaired) electrons. The number of fused-ring (bicyclic) bond motifs is 3. The van der Waals surface area contributed by atoms with Crippen LogP contribution in [0.4, 0.5) is 0 Å². The average molecular weight is 483 g/mol. The lowest BCUT2D eigenvalue weighted by atomic mass is 9.80. The number of rotatable bonds is 6. The van der Waals surface area contributed by atoms with Crippen LogP contribution < -0.4 is 5.73 Å². The van der Waals surface area contributed by atoms with E-state index in [1.165, 1.54) is 56.3 Å². The Morgan fingerprint density at radius 1 is 0.946 bits per heavy atom. The van der Waals surface area contributed by atoms with Gasteiger partial charge in [0.25, 0.3) is 0 Å². The van der Waals surface area contributed by atoms with Gasteiger partial charge in [-0.2, -0.15) is 5.26 Å². The fraction of sp³-hybridized carbons (Fsp3) is 0.171. The molecule has 184 valence electrons. The molecule has 0 saturated carbocycles. The smallest absolute Gasteiger partial charge is 0.0587 e. The van der Waals surface area contributed by atoms with Crippen LogP contribution in [0.15, 0.2) is 109 Å². The van der Waals surface area contributed by atoms with Gasteiger partial charge < -0.3 is 5.73 Å². The van der Waals surface area contributed by atoms with Crippen molar-refractivity contribution in [3.05, 3.63) is 126 Å². The second-order valence-electron chi connectivity index (χ2n) is 9.13. The van der Waals surface area contributed by atoms with Gasteiger partial charge in [0, 0.05) is 19.0 Å². The highest BCUT2D eigenvalue weighted by Gasteiger charge is 2.20. The zero-order valence-corrected chi connectivity index (χ0v) is 21.7. The molecule has 0 spiro atoms. The highest BCUT2D eigenvalue weighted by Crippen LogP contribution is 2.42. The lowest BCUT2D eigenvalue weighted by molar-refractivity contribution is 0.984. The standard InChI is InChI=1S/C33H31N.C2H3N/c1-2-3-15-25(34)16-5-7-18-27-28-19-8-10-21-31(28)33(32-22-11-9-20-29(27)32)30-23-12-14-24-13-4-6-17-26(24)30;1-2-3/h2-10,12-14,16-17,19-21,23H,11,15,18,22,34H2,1H3;1H3/b3-2-,7-5-,25-16-;. The molecule has 2 nitrogen and oxygen atoms in total. The molecule has 0 saturated heterocycles. The minimum absolute atomic E-state index is 0.793. The summed E-state index contributed by atoms with van der Waals surface area (Å²) < 4.78 is 0. The van der Waals surface area contributed by atoms with Gasteiger partial charge in [-0.3, -0.25) is 0 Å². The van der Waals surface area contributed by atoms with Crippen molar-refractivity contribution in [2.24, 2.45) is 5.73 Å². The Morgan fingerprint density at radius 2 is 1.65 bits per heavy atom. The van der Waals surface area contributed by atoms with E-state index in [-0.39, 0.29) is 0 Å². The molecule has 0 amide bonds. The van der Waals surface area contributed by atoms with Gasteiger partial charge in [0.05, 0.1) is 6.07 Å². The maximum Gasteiger partial charge on any atom is 0.0587 e. The van der Waals surface area contributed by atoms with E-state index in [4.69, 9.17) is 11.0 Å². The van der Waals surface area contributed by atoms with Crippen LogP contribution >= 0.6 is 0 Å². The van der Waals surface area contributed by atoms with E-state index in [2.05, 4.69) is 97.1 Å². The molecule has 4 aromatic rings. The molecular weight excluding hydrogens is 448 g/mol. The van der Waals surface area contributed by atoms with Gasteiger partial charge in [-0.05, 0) is 81.6 Å². The lowest BCUT2D eigenvalue weighted by Crippen LogP contribution is -2.04. The summed E-state index contributed by atoms with van der Waals surface area (Å²) in [5.74, 6) is 0. The van der Waals surface area contributed by atoms with Gasteiger partial charge in [0.2, 0.25) is 0 Å². The predicted octanol–water partition coefficient (Wildman–Crippen LogP) is 9.06. The summed E-state index contributed by atoms with van der Waals surface area (Å²) in [6, 6.07) is 26.1. The summed E-state index contributed by atoms with van der Waals surface area (Å²) in [6.45, 7) is 3.45. The van der Waals surface area contributed by atoms with Crippen molar-refractivity contribution >= 4 is 27.6 Å². The van der Waals surface area contributed by atoms with Crippen LogP contribution in [0.25, 0.3) is 38.7 Å². The molecule has 0 atom stereocenters. The van der Waals surface area contributed by atoms with E-state index < -0.39 is 0 Å². The second-order valence-corrected chi connectivity index (χ2v) is 9.13. The van der Waals surface area contributed by atoms with E-state index in [0.717, 1.165) is 31.4 Å². The number of hydrogen-bond donors (Lipinski definition) is 1. The summed E-state index contributed by atoms with van der Waals surface area (Å²) >= 11 is 0. The molecule has 0 unspecified atom stereocenters. The van der Waals surface area contributed by atoms with Crippen molar-refractivity contribution in [1.29, 1.82) is 5.26 Å². The third-order valence-electron chi connectivity index (χ3n) is 6.74. The van der Waals surface area contributed by atoms with Gasteiger partial charge in [-0.1, -0.05) is 103 Å². The van der Waals surface area contributed by atoms with Gasteiger partial charge in [-0.15, -0.1) is 0 Å². The molecule has 5 rings (SSSR count).